The zero-order valence-electron chi connectivity index (χ0n) is 15.2. The van der Waals surface area contributed by atoms with Crippen LogP contribution in [-0.2, 0) is 9.59 Å². The van der Waals surface area contributed by atoms with Gasteiger partial charge in [0.05, 0.1) is 18.4 Å². The van der Waals surface area contributed by atoms with E-state index < -0.39 is 29.3 Å². The molecule has 1 aromatic heterocycles. The SMILES string of the molecule is CC(=O)N[C@@H](CC(=O)N1CCC[C@@H](c2n[nH]c(=O)o2)C1)c1ccc(F)cc1F. The van der Waals surface area contributed by atoms with Crippen molar-refractivity contribution in [1.29, 1.82) is 0 Å². The number of nitrogens with zero attached hydrogens (tertiary/aromatic N) is 2. The summed E-state index contributed by atoms with van der Waals surface area (Å²) in [5.41, 5.74) is 0.0387. The molecule has 8 nitrogen and oxygen atoms in total. The number of likely N-dealkylation sites (tertiary alicyclic amines) is 1. The lowest BCUT2D eigenvalue weighted by atomic mass is 9.96. The second-order valence-corrected chi connectivity index (χ2v) is 6.75. The summed E-state index contributed by atoms with van der Waals surface area (Å²) < 4.78 is 32.3. The minimum atomic E-state index is -0.922. The predicted molar refractivity (Wildman–Crippen MR) is 93.2 cm³/mol. The van der Waals surface area contributed by atoms with E-state index in [-0.39, 0.29) is 29.7 Å². The number of aromatic amines is 1. The van der Waals surface area contributed by atoms with Crippen molar-refractivity contribution in [3.8, 4) is 0 Å². The van der Waals surface area contributed by atoms with Gasteiger partial charge in [0.1, 0.15) is 11.6 Å². The van der Waals surface area contributed by atoms with Crippen LogP contribution in [0.5, 0.6) is 0 Å². The summed E-state index contributed by atoms with van der Waals surface area (Å²) in [6.45, 7) is 2.05. The Labute approximate surface area is 158 Å². The largest absolute Gasteiger partial charge is 0.434 e. The summed E-state index contributed by atoms with van der Waals surface area (Å²) in [7, 11) is 0. The molecule has 1 aliphatic heterocycles. The first kappa shape index (κ1) is 19.7. The molecule has 10 heteroatoms. The molecule has 2 amide bonds. The summed E-state index contributed by atoms with van der Waals surface area (Å²) in [5, 5.41) is 8.56. The van der Waals surface area contributed by atoms with Gasteiger partial charge in [0, 0.05) is 31.6 Å². The van der Waals surface area contributed by atoms with Crippen LogP contribution in [0.15, 0.2) is 27.4 Å². The highest BCUT2D eigenvalue weighted by atomic mass is 19.1. The maximum atomic E-state index is 14.2. The average Bonchev–Trinajstić information content (AvgIpc) is 3.07. The molecular weight excluding hydrogens is 374 g/mol. The van der Waals surface area contributed by atoms with Gasteiger partial charge in [-0.05, 0) is 18.9 Å². The molecular formula is C18H20F2N4O4. The third-order valence-electron chi connectivity index (χ3n) is 4.67. The van der Waals surface area contributed by atoms with E-state index in [4.69, 9.17) is 4.42 Å². The first-order valence-corrected chi connectivity index (χ1v) is 8.88. The van der Waals surface area contributed by atoms with Crippen molar-refractivity contribution in [2.45, 2.75) is 38.1 Å². The molecule has 1 fully saturated rings. The van der Waals surface area contributed by atoms with Crippen LogP contribution < -0.4 is 11.1 Å². The minimum Gasteiger partial charge on any atom is -0.392 e. The van der Waals surface area contributed by atoms with Gasteiger partial charge in [-0.2, -0.15) is 0 Å². The Hall–Kier alpha value is -3.04. The second kappa shape index (κ2) is 8.32. The van der Waals surface area contributed by atoms with E-state index in [0.29, 0.717) is 32.0 Å². The molecule has 0 aliphatic carbocycles. The molecule has 0 spiro atoms. The number of nitrogens with one attached hydrogen (secondary N) is 2. The van der Waals surface area contributed by atoms with Crippen LogP contribution in [0, 0.1) is 11.6 Å². The van der Waals surface area contributed by atoms with Crippen LogP contribution in [0.3, 0.4) is 0 Å². The van der Waals surface area contributed by atoms with Crippen LogP contribution >= 0.6 is 0 Å². The lowest BCUT2D eigenvalue weighted by Gasteiger charge is -2.32. The number of amides is 2. The van der Waals surface area contributed by atoms with E-state index in [1.165, 1.54) is 13.0 Å². The van der Waals surface area contributed by atoms with Crippen LogP contribution in [0.2, 0.25) is 0 Å². The molecule has 0 radical (unpaired) electrons. The van der Waals surface area contributed by atoms with Crippen molar-refractivity contribution >= 4 is 11.8 Å². The van der Waals surface area contributed by atoms with Crippen molar-refractivity contribution in [2.24, 2.45) is 0 Å². The van der Waals surface area contributed by atoms with Gasteiger partial charge < -0.3 is 14.6 Å². The van der Waals surface area contributed by atoms with Gasteiger partial charge in [0.25, 0.3) is 0 Å². The molecule has 1 saturated heterocycles. The first-order valence-electron chi connectivity index (χ1n) is 8.88. The van der Waals surface area contributed by atoms with Gasteiger partial charge in [0.2, 0.25) is 17.7 Å². The summed E-state index contributed by atoms with van der Waals surface area (Å²) in [6.07, 6.45) is 1.21. The van der Waals surface area contributed by atoms with Crippen LogP contribution in [0.25, 0.3) is 0 Å². The highest BCUT2D eigenvalue weighted by Crippen LogP contribution is 2.27. The fourth-order valence-electron chi connectivity index (χ4n) is 3.39. The van der Waals surface area contributed by atoms with Crippen LogP contribution in [0.4, 0.5) is 8.78 Å². The lowest BCUT2D eigenvalue weighted by Crippen LogP contribution is -2.41. The number of halogens is 2. The number of rotatable bonds is 5. The number of hydrogen-bond donors (Lipinski definition) is 2. The molecule has 2 heterocycles. The fraction of sp³-hybridized carbons (Fsp3) is 0.444. The molecule has 150 valence electrons. The zero-order valence-corrected chi connectivity index (χ0v) is 15.2. The number of benzene rings is 1. The quantitative estimate of drug-likeness (QED) is 0.801. The number of carbonyl (C=O) groups is 2. The Bertz CT molecular complexity index is 926. The van der Waals surface area contributed by atoms with Crippen LogP contribution in [0.1, 0.15) is 49.6 Å². The molecule has 0 saturated carbocycles. The number of hydrogen-bond acceptors (Lipinski definition) is 5. The lowest BCUT2D eigenvalue weighted by molar-refractivity contribution is -0.133. The fourth-order valence-corrected chi connectivity index (χ4v) is 3.39. The zero-order chi connectivity index (χ0) is 20.3. The highest BCUT2D eigenvalue weighted by Gasteiger charge is 2.30. The maximum absolute atomic E-state index is 14.2. The smallest absolute Gasteiger partial charge is 0.392 e. The number of carbonyl (C=O) groups excluding carboxylic acids is 2. The van der Waals surface area contributed by atoms with Crippen molar-refractivity contribution in [1.82, 2.24) is 20.4 Å². The molecule has 1 aromatic carbocycles. The van der Waals surface area contributed by atoms with Crippen molar-refractivity contribution in [3.63, 3.8) is 0 Å². The van der Waals surface area contributed by atoms with Gasteiger partial charge in [-0.1, -0.05) is 6.07 Å². The Morgan fingerprint density at radius 3 is 2.86 bits per heavy atom. The van der Waals surface area contributed by atoms with Gasteiger partial charge >= 0.3 is 5.76 Å². The number of H-pyrrole nitrogens is 1. The monoisotopic (exact) mass is 394 g/mol. The topological polar surface area (TPSA) is 108 Å². The van der Waals surface area contributed by atoms with E-state index in [1.807, 2.05) is 0 Å². The predicted octanol–water partition coefficient (Wildman–Crippen LogP) is 1.61. The third kappa shape index (κ3) is 4.62. The van der Waals surface area contributed by atoms with E-state index in [1.54, 1.807) is 4.90 Å². The van der Waals surface area contributed by atoms with E-state index in [0.717, 1.165) is 6.07 Å². The normalized spacial score (nSPS) is 18.0. The molecule has 0 bridgehead atoms. The van der Waals surface area contributed by atoms with E-state index >= 15 is 0 Å². The first-order chi connectivity index (χ1) is 13.3. The molecule has 2 aromatic rings. The van der Waals surface area contributed by atoms with Crippen molar-refractivity contribution < 1.29 is 22.8 Å². The average molecular weight is 394 g/mol. The Balaban J connectivity index is 1.73. The van der Waals surface area contributed by atoms with E-state index in [9.17, 15) is 23.2 Å². The summed E-state index contributed by atoms with van der Waals surface area (Å²) in [4.78, 5) is 37.0. The van der Waals surface area contributed by atoms with E-state index in [2.05, 4.69) is 15.5 Å². The second-order valence-electron chi connectivity index (χ2n) is 6.75. The minimum absolute atomic E-state index is 0.0387. The Morgan fingerprint density at radius 2 is 2.21 bits per heavy atom. The molecule has 2 N–H and O–H groups in total. The molecule has 3 rings (SSSR count). The van der Waals surface area contributed by atoms with Crippen molar-refractivity contribution in [2.75, 3.05) is 13.1 Å². The summed E-state index contributed by atoms with van der Waals surface area (Å²) in [5.74, 6) is -2.95. The Kier molecular flexibility index (Phi) is 5.86. The Morgan fingerprint density at radius 1 is 1.43 bits per heavy atom. The summed E-state index contributed by atoms with van der Waals surface area (Å²) >= 11 is 0. The highest BCUT2D eigenvalue weighted by molar-refractivity contribution is 5.79. The van der Waals surface area contributed by atoms with Crippen LogP contribution in [-0.4, -0.2) is 40.0 Å². The molecule has 2 atom stereocenters. The van der Waals surface area contributed by atoms with Gasteiger partial charge in [0.15, 0.2) is 0 Å². The third-order valence-corrected chi connectivity index (χ3v) is 4.67. The van der Waals surface area contributed by atoms with Gasteiger partial charge in [-0.3, -0.25) is 9.59 Å². The van der Waals surface area contributed by atoms with Crippen molar-refractivity contribution in [3.05, 3.63) is 51.8 Å². The molecule has 28 heavy (non-hydrogen) atoms. The standard InChI is InChI=1S/C18H20F2N4O4/c1-10(25)21-15(13-5-4-12(19)7-14(13)20)8-16(26)24-6-2-3-11(9-24)17-22-23-18(27)28-17/h4-5,7,11,15H,2-3,6,8-9H2,1H3,(H,21,25)(H,23,27)/t11-,15+/m1/s1. The number of aromatic nitrogens is 2. The molecule has 1 aliphatic rings. The summed E-state index contributed by atoms with van der Waals surface area (Å²) in [6, 6.07) is 2.09. The van der Waals surface area contributed by atoms with Gasteiger partial charge in [-0.25, -0.2) is 18.7 Å². The maximum Gasteiger partial charge on any atom is 0.434 e. The molecule has 0 unspecified atom stereocenters. The number of piperidine rings is 1. The van der Waals surface area contributed by atoms with Gasteiger partial charge in [-0.15, -0.1) is 5.10 Å².